The van der Waals surface area contributed by atoms with Gasteiger partial charge in [-0.2, -0.15) is 0 Å². The first-order valence-corrected chi connectivity index (χ1v) is 7.86. The van der Waals surface area contributed by atoms with Gasteiger partial charge < -0.3 is 16.0 Å². The molecule has 0 saturated carbocycles. The standard InChI is InChI=1S/C18H16F3N3O3/c19-12-3-1-2-11(6-12)7-16(25)22-9-17(26)23-10-18(27)24-13-4-5-14(20)15(21)8-13/h1-6,8H,7,9-10H2,(H,22,25)(H,23,26)(H,24,27). The van der Waals surface area contributed by atoms with Crippen LogP contribution in [0.25, 0.3) is 0 Å². The fourth-order valence-electron chi connectivity index (χ4n) is 2.09. The van der Waals surface area contributed by atoms with E-state index in [1.807, 2.05) is 0 Å². The molecular weight excluding hydrogens is 363 g/mol. The van der Waals surface area contributed by atoms with Crippen LogP contribution in [0.3, 0.4) is 0 Å². The summed E-state index contributed by atoms with van der Waals surface area (Å²) in [5, 5.41) is 6.89. The maximum Gasteiger partial charge on any atom is 0.243 e. The molecule has 27 heavy (non-hydrogen) atoms. The first-order chi connectivity index (χ1) is 12.8. The summed E-state index contributed by atoms with van der Waals surface area (Å²) in [5.41, 5.74) is 0.496. The van der Waals surface area contributed by atoms with Gasteiger partial charge in [0.05, 0.1) is 19.5 Å². The van der Waals surface area contributed by atoms with E-state index in [0.29, 0.717) is 5.56 Å². The number of carbonyl (C=O) groups is 3. The van der Waals surface area contributed by atoms with Gasteiger partial charge in [0.2, 0.25) is 17.7 Å². The third-order valence-corrected chi connectivity index (χ3v) is 3.35. The highest BCUT2D eigenvalue weighted by Gasteiger charge is 2.10. The molecule has 0 unspecified atom stereocenters. The molecule has 9 heteroatoms. The Balaban J connectivity index is 1.69. The normalized spacial score (nSPS) is 10.2. The number of amides is 3. The van der Waals surface area contributed by atoms with E-state index in [-0.39, 0.29) is 18.7 Å². The zero-order valence-corrected chi connectivity index (χ0v) is 14.0. The zero-order valence-electron chi connectivity index (χ0n) is 14.0. The number of rotatable bonds is 7. The van der Waals surface area contributed by atoms with Crippen molar-refractivity contribution in [1.82, 2.24) is 10.6 Å². The van der Waals surface area contributed by atoms with Gasteiger partial charge in [-0.05, 0) is 29.8 Å². The smallest absolute Gasteiger partial charge is 0.243 e. The molecule has 142 valence electrons. The zero-order chi connectivity index (χ0) is 19.8. The van der Waals surface area contributed by atoms with Crippen molar-refractivity contribution >= 4 is 23.4 Å². The van der Waals surface area contributed by atoms with Crippen LogP contribution < -0.4 is 16.0 Å². The molecule has 2 rings (SSSR count). The van der Waals surface area contributed by atoms with Crippen molar-refractivity contribution in [3.63, 3.8) is 0 Å². The van der Waals surface area contributed by atoms with Gasteiger partial charge in [0.25, 0.3) is 0 Å². The van der Waals surface area contributed by atoms with Crippen LogP contribution in [0.2, 0.25) is 0 Å². The molecule has 0 fully saturated rings. The molecule has 0 aliphatic rings. The predicted octanol–water partition coefficient (Wildman–Crippen LogP) is 1.52. The first kappa shape index (κ1) is 20.0. The highest BCUT2D eigenvalue weighted by molar-refractivity contribution is 5.95. The Hall–Kier alpha value is -3.36. The molecule has 2 aromatic rings. The third-order valence-electron chi connectivity index (χ3n) is 3.35. The maximum absolute atomic E-state index is 13.0. The minimum Gasteiger partial charge on any atom is -0.347 e. The van der Waals surface area contributed by atoms with Crippen molar-refractivity contribution in [2.45, 2.75) is 6.42 Å². The SMILES string of the molecule is O=C(CNC(=O)Cc1cccc(F)c1)NCC(=O)Nc1ccc(F)c(F)c1. The summed E-state index contributed by atoms with van der Waals surface area (Å²) in [6.45, 7) is -0.787. The Bertz CT molecular complexity index is 859. The van der Waals surface area contributed by atoms with Crippen molar-refractivity contribution in [2.24, 2.45) is 0 Å². The van der Waals surface area contributed by atoms with Gasteiger partial charge in [-0.15, -0.1) is 0 Å². The Morgan fingerprint density at radius 2 is 1.48 bits per heavy atom. The molecule has 0 aliphatic heterocycles. The Morgan fingerprint density at radius 1 is 0.778 bits per heavy atom. The molecule has 0 spiro atoms. The van der Waals surface area contributed by atoms with Crippen molar-refractivity contribution < 1.29 is 27.6 Å². The lowest BCUT2D eigenvalue weighted by molar-refractivity contribution is -0.126. The summed E-state index contributed by atoms with van der Waals surface area (Å²) in [6.07, 6.45) is -0.0956. The molecule has 3 amide bonds. The maximum atomic E-state index is 13.0. The average molecular weight is 379 g/mol. The highest BCUT2D eigenvalue weighted by Crippen LogP contribution is 2.12. The molecule has 0 saturated heterocycles. The van der Waals surface area contributed by atoms with Crippen LogP contribution in [-0.2, 0) is 20.8 Å². The Morgan fingerprint density at radius 3 is 2.19 bits per heavy atom. The second-order valence-corrected chi connectivity index (χ2v) is 5.54. The summed E-state index contributed by atoms with van der Waals surface area (Å²) in [6, 6.07) is 8.34. The molecule has 0 radical (unpaired) electrons. The van der Waals surface area contributed by atoms with Crippen LogP contribution in [0.4, 0.5) is 18.9 Å². The molecule has 0 atom stereocenters. The molecule has 0 bridgehead atoms. The van der Waals surface area contributed by atoms with Gasteiger partial charge in [-0.1, -0.05) is 12.1 Å². The Labute approximate surface area is 152 Å². The van der Waals surface area contributed by atoms with Crippen molar-refractivity contribution in [1.29, 1.82) is 0 Å². The first-order valence-electron chi connectivity index (χ1n) is 7.86. The predicted molar refractivity (Wildman–Crippen MR) is 91.1 cm³/mol. The van der Waals surface area contributed by atoms with Gasteiger partial charge in [-0.3, -0.25) is 14.4 Å². The van der Waals surface area contributed by atoms with Crippen LogP contribution in [0, 0.1) is 17.5 Å². The summed E-state index contributed by atoms with van der Waals surface area (Å²) < 4.78 is 38.9. The Kier molecular flexibility index (Phi) is 6.93. The molecule has 0 aromatic heterocycles. The number of anilines is 1. The fraction of sp³-hybridized carbons (Fsp3) is 0.167. The van der Waals surface area contributed by atoms with E-state index >= 15 is 0 Å². The van der Waals surface area contributed by atoms with Crippen LogP contribution >= 0.6 is 0 Å². The van der Waals surface area contributed by atoms with Crippen LogP contribution in [0.1, 0.15) is 5.56 Å². The van der Waals surface area contributed by atoms with Gasteiger partial charge >= 0.3 is 0 Å². The summed E-state index contributed by atoms with van der Waals surface area (Å²) in [7, 11) is 0. The lowest BCUT2D eigenvalue weighted by atomic mass is 10.1. The van der Waals surface area contributed by atoms with E-state index in [1.165, 1.54) is 24.3 Å². The molecule has 6 nitrogen and oxygen atoms in total. The molecule has 3 N–H and O–H groups in total. The van der Waals surface area contributed by atoms with E-state index in [1.54, 1.807) is 6.07 Å². The van der Waals surface area contributed by atoms with Crippen molar-refractivity contribution in [3.05, 3.63) is 65.5 Å². The fourth-order valence-corrected chi connectivity index (χ4v) is 2.09. The van der Waals surface area contributed by atoms with Crippen molar-refractivity contribution in [3.8, 4) is 0 Å². The van der Waals surface area contributed by atoms with Crippen molar-refractivity contribution in [2.75, 3.05) is 18.4 Å². The quantitative estimate of drug-likeness (QED) is 0.682. The summed E-state index contributed by atoms with van der Waals surface area (Å²) in [5.74, 6) is -4.39. The van der Waals surface area contributed by atoms with Gasteiger partial charge in [0, 0.05) is 11.8 Å². The number of halogens is 3. The second kappa shape index (κ2) is 9.37. The second-order valence-electron chi connectivity index (χ2n) is 5.54. The van der Waals surface area contributed by atoms with Crippen LogP contribution in [0.15, 0.2) is 42.5 Å². The van der Waals surface area contributed by atoms with Crippen LogP contribution in [0.5, 0.6) is 0 Å². The third kappa shape index (κ3) is 6.81. The summed E-state index contributed by atoms with van der Waals surface area (Å²) >= 11 is 0. The van der Waals surface area contributed by atoms with Crippen LogP contribution in [-0.4, -0.2) is 30.8 Å². The van der Waals surface area contributed by atoms with Gasteiger partial charge in [-0.25, -0.2) is 13.2 Å². The minimum atomic E-state index is -1.11. The highest BCUT2D eigenvalue weighted by atomic mass is 19.2. The summed E-state index contributed by atoms with van der Waals surface area (Å²) in [4.78, 5) is 35.0. The minimum absolute atomic E-state index is 0.0385. The number of nitrogens with one attached hydrogen (secondary N) is 3. The van der Waals surface area contributed by atoms with E-state index in [9.17, 15) is 27.6 Å². The monoisotopic (exact) mass is 379 g/mol. The van der Waals surface area contributed by atoms with E-state index in [2.05, 4.69) is 16.0 Å². The van der Waals surface area contributed by atoms with E-state index in [4.69, 9.17) is 0 Å². The van der Waals surface area contributed by atoms with Gasteiger partial charge in [0.1, 0.15) is 5.82 Å². The molecule has 2 aromatic carbocycles. The van der Waals surface area contributed by atoms with Gasteiger partial charge in [0.15, 0.2) is 11.6 Å². The molecular formula is C18H16F3N3O3. The molecule has 0 aliphatic carbocycles. The molecule has 0 heterocycles. The largest absolute Gasteiger partial charge is 0.347 e. The van der Waals surface area contributed by atoms with E-state index in [0.717, 1.165) is 12.1 Å². The number of hydrogen-bond donors (Lipinski definition) is 3. The number of benzene rings is 2. The topological polar surface area (TPSA) is 87.3 Å². The number of hydrogen-bond acceptors (Lipinski definition) is 3. The average Bonchev–Trinajstić information content (AvgIpc) is 2.61. The number of carbonyl (C=O) groups excluding carboxylic acids is 3. The lowest BCUT2D eigenvalue weighted by Crippen LogP contribution is -2.40. The lowest BCUT2D eigenvalue weighted by Gasteiger charge is -2.08. The van der Waals surface area contributed by atoms with E-state index < -0.39 is 41.7 Å².